The van der Waals surface area contributed by atoms with Crippen molar-refractivity contribution in [3.05, 3.63) is 23.8 Å². The van der Waals surface area contributed by atoms with Gasteiger partial charge < -0.3 is 9.47 Å². The molecule has 0 radical (unpaired) electrons. The van der Waals surface area contributed by atoms with Crippen molar-refractivity contribution in [3.8, 4) is 5.75 Å². The molecule has 1 aromatic carbocycles. The summed E-state index contributed by atoms with van der Waals surface area (Å²) >= 11 is 0. The Bertz CT molecular complexity index is 470. The van der Waals surface area contributed by atoms with Crippen LogP contribution in [0.1, 0.15) is 5.56 Å². The first-order valence-electron chi connectivity index (χ1n) is 5.26. The van der Waals surface area contributed by atoms with Gasteiger partial charge >= 0.3 is 11.9 Å². The van der Waals surface area contributed by atoms with E-state index in [1.54, 1.807) is 6.07 Å². The molecule has 0 aromatic heterocycles. The summed E-state index contributed by atoms with van der Waals surface area (Å²) in [4.78, 5) is 24.3. The number of hydrogen-bond donors (Lipinski definition) is 0. The van der Waals surface area contributed by atoms with Gasteiger partial charge in [0.1, 0.15) is 12.4 Å². The lowest BCUT2D eigenvalue weighted by molar-refractivity contribution is -0.156. The van der Waals surface area contributed by atoms with Gasteiger partial charge in [-0.15, -0.1) is 0 Å². The number of rotatable bonds is 2. The molecule has 0 bridgehead atoms. The number of cyclic esters (lactones) is 1. The lowest BCUT2D eigenvalue weighted by Crippen LogP contribution is -2.45. The number of carbonyl (C=O) groups excluding carboxylic acids is 2. The van der Waals surface area contributed by atoms with Gasteiger partial charge in [-0.2, -0.15) is 0 Å². The van der Waals surface area contributed by atoms with Gasteiger partial charge in [0, 0.05) is 0 Å². The van der Waals surface area contributed by atoms with Crippen LogP contribution in [0.2, 0.25) is 0 Å². The van der Waals surface area contributed by atoms with Crippen LogP contribution in [0.25, 0.3) is 0 Å². The number of benzene rings is 1. The zero-order valence-electron chi connectivity index (χ0n) is 9.73. The van der Waals surface area contributed by atoms with Crippen molar-refractivity contribution < 1.29 is 19.1 Å². The molecule has 2 rings (SSSR count). The van der Waals surface area contributed by atoms with Gasteiger partial charge in [0.2, 0.25) is 0 Å². The molecule has 0 saturated carbocycles. The highest BCUT2D eigenvalue weighted by molar-refractivity contribution is 6.38. The van der Waals surface area contributed by atoms with E-state index in [1.165, 1.54) is 12.0 Å². The molecule has 1 heterocycles. The van der Waals surface area contributed by atoms with Crippen molar-refractivity contribution in [2.45, 2.75) is 6.92 Å². The molecule has 1 aliphatic heterocycles. The largest absolute Gasteiger partial charge is 0.495 e. The number of hydrogen-bond acceptors (Lipinski definition) is 4. The minimum absolute atomic E-state index is 0.210. The average molecular weight is 235 g/mol. The fourth-order valence-corrected chi connectivity index (χ4v) is 1.74. The Morgan fingerprint density at radius 2 is 2.12 bits per heavy atom. The van der Waals surface area contributed by atoms with Crippen LogP contribution in [0.4, 0.5) is 5.69 Å². The van der Waals surface area contributed by atoms with E-state index in [-0.39, 0.29) is 6.61 Å². The number of nitrogens with zero attached hydrogens (tertiary/aromatic N) is 1. The molecule has 1 aliphatic rings. The zero-order chi connectivity index (χ0) is 12.4. The van der Waals surface area contributed by atoms with Crippen molar-refractivity contribution in [2.24, 2.45) is 0 Å². The molecule has 1 aromatic rings. The average Bonchev–Trinajstić information content (AvgIpc) is 2.33. The molecule has 1 fully saturated rings. The molecule has 17 heavy (non-hydrogen) atoms. The number of anilines is 1. The third-order valence-corrected chi connectivity index (χ3v) is 2.59. The summed E-state index contributed by atoms with van der Waals surface area (Å²) in [7, 11) is 1.53. The Kier molecular flexibility index (Phi) is 2.99. The van der Waals surface area contributed by atoms with Gasteiger partial charge in [-0.05, 0) is 24.6 Å². The minimum atomic E-state index is -0.820. The second-order valence-corrected chi connectivity index (χ2v) is 3.77. The lowest BCUT2D eigenvalue weighted by atomic mass is 10.2. The molecule has 1 saturated heterocycles. The molecule has 5 nitrogen and oxygen atoms in total. The molecule has 0 N–H and O–H groups in total. The molecular formula is C12H13NO4. The second kappa shape index (κ2) is 4.45. The van der Waals surface area contributed by atoms with Crippen molar-refractivity contribution in [3.63, 3.8) is 0 Å². The Balaban J connectivity index is 2.41. The summed E-state index contributed by atoms with van der Waals surface area (Å²) in [5.74, 6) is -0.904. The van der Waals surface area contributed by atoms with E-state index >= 15 is 0 Å². The first kappa shape index (κ1) is 11.4. The highest BCUT2D eigenvalue weighted by Gasteiger charge is 2.30. The zero-order valence-corrected chi connectivity index (χ0v) is 9.73. The summed E-state index contributed by atoms with van der Waals surface area (Å²) in [6.45, 7) is 2.47. The number of aryl methyl sites for hydroxylation is 1. The molecule has 5 heteroatoms. The quantitative estimate of drug-likeness (QED) is 0.564. The summed E-state index contributed by atoms with van der Waals surface area (Å²) in [5.41, 5.74) is 1.60. The first-order valence-corrected chi connectivity index (χ1v) is 5.26. The topological polar surface area (TPSA) is 55.8 Å². The molecule has 90 valence electrons. The van der Waals surface area contributed by atoms with E-state index in [9.17, 15) is 9.59 Å². The van der Waals surface area contributed by atoms with Crippen molar-refractivity contribution >= 4 is 17.6 Å². The van der Waals surface area contributed by atoms with E-state index in [2.05, 4.69) is 4.74 Å². The van der Waals surface area contributed by atoms with Gasteiger partial charge in [-0.3, -0.25) is 9.69 Å². The third-order valence-electron chi connectivity index (χ3n) is 2.59. The summed E-state index contributed by atoms with van der Waals surface area (Å²) in [6, 6.07) is 5.47. The molecular weight excluding hydrogens is 222 g/mol. The van der Waals surface area contributed by atoms with E-state index in [0.29, 0.717) is 18.0 Å². The second-order valence-electron chi connectivity index (χ2n) is 3.77. The Morgan fingerprint density at radius 3 is 2.82 bits per heavy atom. The van der Waals surface area contributed by atoms with Gasteiger partial charge in [0.05, 0.1) is 19.3 Å². The molecule has 0 unspecified atom stereocenters. The number of ether oxygens (including phenoxy) is 2. The highest BCUT2D eigenvalue weighted by atomic mass is 16.5. The summed E-state index contributed by atoms with van der Waals surface area (Å²) in [5, 5.41) is 0. The van der Waals surface area contributed by atoms with Crippen LogP contribution in [0.15, 0.2) is 18.2 Å². The fraction of sp³-hybridized carbons (Fsp3) is 0.333. The van der Waals surface area contributed by atoms with E-state index in [0.717, 1.165) is 5.56 Å². The smallest absolute Gasteiger partial charge is 0.397 e. The maximum atomic E-state index is 11.7. The number of amides is 1. The van der Waals surface area contributed by atoms with Crippen molar-refractivity contribution in [2.75, 3.05) is 25.2 Å². The third kappa shape index (κ3) is 2.08. The first-order chi connectivity index (χ1) is 8.13. The lowest BCUT2D eigenvalue weighted by Gasteiger charge is -2.27. The van der Waals surface area contributed by atoms with Gasteiger partial charge in [0.15, 0.2) is 0 Å². The maximum absolute atomic E-state index is 11.7. The molecule has 0 aliphatic carbocycles. The number of carbonyl (C=O) groups is 2. The number of morpholine rings is 1. The predicted octanol–water partition coefficient (Wildman–Crippen LogP) is 0.893. The fourth-order valence-electron chi connectivity index (χ4n) is 1.74. The molecule has 1 amide bonds. The van der Waals surface area contributed by atoms with Crippen LogP contribution in [0, 0.1) is 6.92 Å². The molecule has 0 atom stereocenters. The van der Waals surface area contributed by atoms with E-state index in [4.69, 9.17) is 4.74 Å². The monoisotopic (exact) mass is 235 g/mol. The van der Waals surface area contributed by atoms with Crippen LogP contribution in [0.5, 0.6) is 5.75 Å². The predicted molar refractivity (Wildman–Crippen MR) is 61.0 cm³/mol. The molecule has 0 spiro atoms. The Morgan fingerprint density at radius 1 is 1.35 bits per heavy atom. The van der Waals surface area contributed by atoms with E-state index in [1.807, 2.05) is 19.1 Å². The van der Waals surface area contributed by atoms with Crippen LogP contribution in [-0.2, 0) is 14.3 Å². The summed E-state index contributed by atoms with van der Waals surface area (Å²) < 4.78 is 9.87. The van der Waals surface area contributed by atoms with Gasteiger partial charge in [0.25, 0.3) is 0 Å². The van der Waals surface area contributed by atoms with E-state index < -0.39 is 11.9 Å². The minimum Gasteiger partial charge on any atom is -0.495 e. The van der Waals surface area contributed by atoms with Crippen LogP contribution >= 0.6 is 0 Å². The van der Waals surface area contributed by atoms with Crippen molar-refractivity contribution in [1.82, 2.24) is 0 Å². The maximum Gasteiger partial charge on any atom is 0.397 e. The van der Waals surface area contributed by atoms with Gasteiger partial charge in [-0.1, -0.05) is 6.07 Å². The normalized spacial score (nSPS) is 15.8. The Hall–Kier alpha value is -2.04. The van der Waals surface area contributed by atoms with Crippen LogP contribution in [-0.4, -0.2) is 32.1 Å². The Labute approximate surface area is 98.9 Å². The number of methoxy groups -OCH3 is 1. The van der Waals surface area contributed by atoms with Crippen molar-refractivity contribution in [1.29, 1.82) is 0 Å². The van der Waals surface area contributed by atoms with Crippen LogP contribution in [0.3, 0.4) is 0 Å². The summed E-state index contributed by atoms with van der Waals surface area (Å²) in [6.07, 6.45) is 0. The number of esters is 1. The van der Waals surface area contributed by atoms with Crippen LogP contribution < -0.4 is 9.64 Å². The highest BCUT2D eigenvalue weighted by Crippen LogP contribution is 2.30. The SMILES string of the molecule is COc1ccc(C)cc1N1CCOC(=O)C1=O. The van der Waals surface area contributed by atoms with Gasteiger partial charge in [-0.25, -0.2) is 4.79 Å². The standard InChI is InChI=1S/C12H13NO4/c1-8-3-4-10(16-2)9(7-8)13-5-6-17-12(15)11(13)14/h3-4,7H,5-6H2,1-2H3.